The molecule has 0 spiro atoms. The van der Waals surface area contributed by atoms with Gasteiger partial charge < -0.3 is 0 Å². The Hall–Kier alpha value is -0.860. The highest BCUT2D eigenvalue weighted by Gasteiger charge is 1.94. The minimum atomic E-state index is -0.262. The highest BCUT2D eigenvalue weighted by Crippen LogP contribution is 1.82. The van der Waals surface area contributed by atoms with E-state index in [1.165, 1.54) is 6.41 Å². The molecule has 0 aliphatic heterocycles. The molecule has 0 saturated heterocycles. The van der Waals surface area contributed by atoms with Gasteiger partial charge >= 0.3 is 6.41 Å². The van der Waals surface area contributed by atoms with Gasteiger partial charge in [0, 0.05) is 6.42 Å². The maximum atomic E-state index is 10.3. The fraction of sp³-hybridized carbons (Fsp3) is 0.600. The van der Waals surface area contributed by atoms with Gasteiger partial charge in [-0.25, -0.2) is 0 Å². The summed E-state index contributed by atoms with van der Waals surface area (Å²) >= 11 is 0. The van der Waals surface area contributed by atoms with Gasteiger partial charge in [0.05, 0.1) is 0 Å². The number of hydrogen-bond acceptors (Lipinski definition) is 2. The van der Waals surface area contributed by atoms with Gasteiger partial charge in [0.25, 0.3) is 0 Å². The number of amides is 2. The lowest BCUT2D eigenvalue weighted by atomic mass is 10.3. The second-order valence-corrected chi connectivity index (χ2v) is 1.40. The fourth-order valence-electron chi connectivity index (χ4n) is 0.346. The Balaban J connectivity index is 3.18. The van der Waals surface area contributed by atoms with Gasteiger partial charge in [-0.3, -0.25) is 14.9 Å². The monoisotopic (exact) mass is 114 g/mol. The number of carbonyl (C=O) groups is 1. The van der Waals surface area contributed by atoms with Crippen LogP contribution in [-0.2, 0) is 9.59 Å². The average Bonchev–Trinajstić information content (AvgIpc) is 1.68. The average molecular weight is 114 g/mol. The van der Waals surface area contributed by atoms with Gasteiger partial charge in [-0.2, -0.15) is 0 Å². The fourth-order valence-corrected chi connectivity index (χ4v) is 0.346. The molecule has 0 aromatic rings. The highest BCUT2D eigenvalue weighted by molar-refractivity contribution is 5.85. The van der Waals surface area contributed by atoms with Crippen molar-refractivity contribution < 1.29 is 9.59 Å². The Morgan fingerprint density at radius 1 is 1.75 bits per heavy atom. The molecule has 0 bridgehead atoms. The van der Waals surface area contributed by atoms with Crippen LogP contribution in [0.25, 0.3) is 0 Å². The molecule has 8 heavy (non-hydrogen) atoms. The normalized spacial score (nSPS) is 8.12. The minimum absolute atomic E-state index is 0.262. The predicted octanol–water partition coefficient (Wildman–Crippen LogP) is -0.0301. The van der Waals surface area contributed by atoms with E-state index < -0.39 is 0 Å². The summed E-state index contributed by atoms with van der Waals surface area (Å²) in [5.74, 6) is -0.262. The molecule has 2 amide bonds. The Morgan fingerprint density at radius 3 is 2.75 bits per heavy atom. The van der Waals surface area contributed by atoms with E-state index >= 15 is 0 Å². The summed E-state index contributed by atoms with van der Waals surface area (Å²) in [6.45, 7) is 1.87. The first-order valence-electron chi connectivity index (χ1n) is 2.47. The van der Waals surface area contributed by atoms with Crippen LogP contribution in [-0.4, -0.2) is 12.3 Å². The Morgan fingerprint density at radius 2 is 2.38 bits per heavy atom. The topological polar surface area (TPSA) is 46.2 Å². The zero-order valence-electron chi connectivity index (χ0n) is 4.73. The lowest BCUT2D eigenvalue weighted by Gasteiger charge is -1.89. The molecule has 45 valence electrons. The van der Waals surface area contributed by atoms with Crippen LogP contribution >= 0.6 is 0 Å². The lowest BCUT2D eigenvalue weighted by Crippen LogP contribution is -2.20. The second-order valence-electron chi connectivity index (χ2n) is 1.40. The van der Waals surface area contributed by atoms with E-state index in [1.54, 1.807) is 0 Å². The Kier molecular flexibility index (Phi) is 3.84. The summed E-state index contributed by atoms with van der Waals surface area (Å²) in [5.41, 5.74) is 0. The van der Waals surface area contributed by atoms with Gasteiger partial charge in [0.1, 0.15) is 0 Å². The van der Waals surface area contributed by atoms with E-state index in [1.807, 2.05) is 12.2 Å². The van der Waals surface area contributed by atoms with Crippen LogP contribution in [0, 0.1) is 0 Å². The first kappa shape index (κ1) is 7.14. The van der Waals surface area contributed by atoms with E-state index in [-0.39, 0.29) is 5.91 Å². The number of rotatable bonds is 3. The SMILES string of the molecule is CCCC(=O)N[C]=O. The van der Waals surface area contributed by atoms with Crippen LogP contribution in [0.3, 0.4) is 0 Å². The predicted molar refractivity (Wildman–Crippen MR) is 28.7 cm³/mol. The van der Waals surface area contributed by atoms with Crippen molar-refractivity contribution in [3.8, 4) is 0 Å². The summed E-state index contributed by atoms with van der Waals surface area (Å²) in [7, 11) is 0. The minimum Gasteiger partial charge on any atom is -0.288 e. The third-order valence-electron chi connectivity index (χ3n) is 0.668. The molecule has 0 aromatic heterocycles. The molecule has 0 fully saturated rings. The van der Waals surface area contributed by atoms with Crippen molar-refractivity contribution in [2.45, 2.75) is 19.8 Å². The molecule has 1 N–H and O–H groups in total. The van der Waals surface area contributed by atoms with Crippen LogP contribution in [0.4, 0.5) is 0 Å². The zero-order valence-corrected chi connectivity index (χ0v) is 4.73. The van der Waals surface area contributed by atoms with E-state index in [2.05, 4.69) is 0 Å². The van der Waals surface area contributed by atoms with E-state index in [0.717, 1.165) is 6.42 Å². The summed E-state index contributed by atoms with van der Waals surface area (Å²) < 4.78 is 0. The van der Waals surface area contributed by atoms with Crippen LogP contribution < -0.4 is 5.32 Å². The third-order valence-corrected chi connectivity index (χ3v) is 0.668. The van der Waals surface area contributed by atoms with E-state index in [0.29, 0.717) is 6.42 Å². The van der Waals surface area contributed by atoms with Gasteiger partial charge in [-0.15, -0.1) is 0 Å². The first-order valence-corrected chi connectivity index (χ1v) is 2.47. The van der Waals surface area contributed by atoms with E-state index in [9.17, 15) is 9.59 Å². The van der Waals surface area contributed by atoms with Crippen molar-refractivity contribution in [3.05, 3.63) is 0 Å². The molecule has 0 heterocycles. The summed E-state index contributed by atoms with van der Waals surface area (Å²) in [6, 6.07) is 0. The van der Waals surface area contributed by atoms with Crippen LogP contribution in [0.5, 0.6) is 0 Å². The highest BCUT2D eigenvalue weighted by atomic mass is 16.2. The van der Waals surface area contributed by atoms with Crippen molar-refractivity contribution in [1.29, 1.82) is 0 Å². The van der Waals surface area contributed by atoms with Crippen molar-refractivity contribution in [2.75, 3.05) is 0 Å². The molecule has 0 aliphatic carbocycles. The summed E-state index contributed by atoms with van der Waals surface area (Å²) in [4.78, 5) is 19.7. The summed E-state index contributed by atoms with van der Waals surface area (Å²) in [6.07, 6.45) is 2.46. The molecular weight excluding hydrogens is 106 g/mol. The molecule has 0 saturated carbocycles. The van der Waals surface area contributed by atoms with Crippen molar-refractivity contribution in [3.63, 3.8) is 0 Å². The molecule has 0 rings (SSSR count). The summed E-state index contributed by atoms with van der Waals surface area (Å²) in [5, 5.41) is 1.90. The molecule has 0 aromatic carbocycles. The third kappa shape index (κ3) is 3.33. The zero-order chi connectivity index (χ0) is 6.41. The molecule has 3 nitrogen and oxygen atoms in total. The Bertz CT molecular complexity index is 90.4. The molecule has 1 radical (unpaired) electrons. The maximum absolute atomic E-state index is 10.3. The Labute approximate surface area is 48.1 Å². The second kappa shape index (κ2) is 4.30. The van der Waals surface area contributed by atoms with Gasteiger partial charge in [-0.05, 0) is 6.42 Å². The largest absolute Gasteiger partial charge is 0.316 e. The van der Waals surface area contributed by atoms with E-state index in [4.69, 9.17) is 0 Å². The molecule has 3 heteroatoms. The standard InChI is InChI=1S/C5H8NO2/c1-2-3-5(8)6-4-7/h2-3H2,1H3,(H,6,7,8). The van der Waals surface area contributed by atoms with Crippen molar-refractivity contribution in [1.82, 2.24) is 5.32 Å². The maximum Gasteiger partial charge on any atom is 0.316 e. The smallest absolute Gasteiger partial charge is 0.288 e. The van der Waals surface area contributed by atoms with Crippen LogP contribution in [0.1, 0.15) is 19.8 Å². The number of hydrogen-bond donors (Lipinski definition) is 1. The first-order chi connectivity index (χ1) is 3.81. The molecule has 0 atom stereocenters. The van der Waals surface area contributed by atoms with Crippen LogP contribution in [0.2, 0.25) is 0 Å². The van der Waals surface area contributed by atoms with Crippen molar-refractivity contribution in [2.24, 2.45) is 0 Å². The molecule has 0 unspecified atom stereocenters. The quantitative estimate of drug-likeness (QED) is 0.524. The van der Waals surface area contributed by atoms with Crippen LogP contribution in [0.15, 0.2) is 0 Å². The number of carbonyl (C=O) groups excluding carboxylic acids is 2. The van der Waals surface area contributed by atoms with Gasteiger partial charge in [0.2, 0.25) is 5.91 Å². The number of nitrogens with one attached hydrogen (secondary N) is 1. The van der Waals surface area contributed by atoms with Gasteiger partial charge in [-0.1, -0.05) is 6.92 Å². The molecular formula is C5H8NO2. The number of imide groups is 1. The lowest BCUT2D eigenvalue weighted by molar-refractivity contribution is -0.119. The van der Waals surface area contributed by atoms with Gasteiger partial charge in [0.15, 0.2) is 0 Å². The molecule has 0 aliphatic rings. The van der Waals surface area contributed by atoms with Crippen molar-refractivity contribution >= 4 is 12.3 Å².